The summed E-state index contributed by atoms with van der Waals surface area (Å²) >= 11 is 3.24. The first-order chi connectivity index (χ1) is 9.36. The molecule has 2 aromatic heterocycles. The van der Waals surface area contributed by atoms with E-state index in [1.165, 1.54) is 12.4 Å². The van der Waals surface area contributed by atoms with Gasteiger partial charge in [0.15, 0.2) is 0 Å². The molecule has 0 saturated heterocycles. The van der Waals surface area contributed by atoms with E-state index in [1.807, 2.05) is 0 Å². The number of hydrogen-bond acceptors (Lipinski definition) is 5. The maximum atomic E-state index is 12.5. The van der Waals surface area contributed by atoms with Crippen molar-refractivity contribution in [1.29, 1.82) is 0 Å². The van der Waals surface area contributed by atoms with E-state index in [1.54, 1.807) is 19.9 Å². The lowest BCUT2D eigenvalue weighted by Gasteiger charge is -2.10. The Morgan fingerprint density at radius 3 is 2.70 bits per heavy atom. The Hall–Kier alpha value is -1.38. The Morgan fingerprint density at radius 1 is 1.40 bits per heavy atom. The third-order valence-electron chi connectivity index (χ3n) is 2.81. The van der Waals surface area contributed by atoms with Crippen molar-refractivity contribution in [3.8, 4) is 0 Å². The molecule has 8 heteroatoms. The van der Waals surface area contributed by atoms with Crippen LogP contribution in [0.3, 0.4) is 0 Å². The lowest BCUT2D eigenvalue weighted by atomic mass is 10.2. The van der Waals surface area contributed by atoms with Crippen LogP contribution in [0.1, 0.15) is 17.1 Å². The molecule has 0 aromatic carbocycles. The Kier molecular flexibility index (Phi) is 4.17. The highest BCUT2D eigenvalue weighted by molar-refractivity contribution is 9.10. The second-order valence-electron chi connectivity index (χ2n) is 4.19. The molecule has 0 unspecified atom stereocenters. The van der Waals surface area contributed by atoms with Crippen LogP contribution in [0.2, 0.25) is 0 Å². The van der Waals surface area contributed by atoms with Crippen LogP contribution in [0.4, 0.5) is 5.69 Å². The summed E-state index contributed by atoms with van der Waals surface area (Å²) in [6.07, 6.45) is 3.01. The highest BCUT2D eigenvalue weighted by Gasteiger charge is 2.26. The SMILES string of the molecule is Cc1oc(C)c(S(=O)(=O)Nc2ccncc2Br)c1CN. The number of sulfonamides is 1. The Labute approximate surface area is 125 Å². The molecule has 0 aliphatic heterocycles. The molecule has 0 bridgehead atoms. The van der Waals surface area contributed by atoms with Crippen molar-refractivity contribution in [2.24, 2.45) is 5.73 Å². The first kappa shape index (κ1) is 15.0. The van der Waals surface area contributed by atoms with Gasteiger partial charge in [-0.25, -0.2) is 8.42 Å². The molecule has 3 N–H and O–H groups in total. The zero-order valence-electron chi connectivity index (χ0n) is 11.0. The van der Waals surface area contributed by atoms with Crippen molar-refractivity contribution in [2.75, 3.05) is 4.72 Å². The number of hydrogen-bond donors (Lipinski definition) is 2. The van der Waals surface area contributed by atoms with Crippen LogP contribution in [0.5, 0.6) is 0 Å². The molecule has 2 aromatic rings. The average Bonchev–Trinajstić information content (AvgIpc) is 2.67. The van der Waals surface area contributed by atoms with Gasteiger partial charge in [0.05, 0.1) is 10.2 Å². The lowest BCUT2D eigenvalue weighted by Crippen LogP contribution is -2.16. The number of nitrogens with one attached hydrogen (secondary N) is 1. The molecular formula is C12H14BrN3O3S. The molecule has 108 valence electrons. The Morgan fingerprint density at radius 2 is 2.10 bits per heavy atom. The van der Waals surface area contributed by atoms with Gasteiger partial charge in [0.2, 0.25) is 0 Å². The van der Waals surface area contributed by atoms with Crippen LogP contribution in [-0.4, -0.2) is 13.4 Å². The fraction of sp³-hybridized carbons (Fsp3) is 0.250. The van der Waals surface area contributed by atoms with Crippen molar-refractivity contribution in [3.63, 3.8) is 0 Å². The molecular weight excluding hydrogens is 346 g/mol. The predicted molar refractivity (Wildman–Crippen MR) is 78.8 cm³/mol. The summed E-state index contributed by atoms with van der Waals surface area (Å²) in [6, 6.07) is 1.56. The summed E-state index contributed by atoms with van der Waals surface area (Å²) < 4.78 is 33.4. The van der Waals surface area contributed by atoms with E-state index in [2.05, 4.69) is 25.6 Å². The van der Waals surface area contributed by atoms with E-state index >= 15 is 0 Å². The van der Waals surface area contributed by atoms with Gasteiger partial charge in [0, 0.05) is 24.5 Å². The van der Waals surface area contributed by atoms with Gasteiger partial charge in [-0.15, -0.1) is 0 Å². The van der Waals surface area contributed by atoms with Crippen molar-refractivity contribution in [3.05, 3.63) is 40.0 Å². The number of aromatic nitrogens is 1. The van der Waals surface area contributed by atoms with Gasteiger partial charge in [0.1, 0.15) is 16.4 Å². The molecule has 0 radical (unpaired) electrons. The Bertz CT molecular complexity index is 740. The first-order valence-electron chi connectivity index (χ1n) is 5.78. The number of pyridine rings is 1. The molecule has 6 nitrogen and oxygen atoms in total. The fourth-order valence-corrected chi connectivity index (χ4v) is 3.97. The molecule has 2 rings (SSSR count). The smallest absolute Gasteiger partial charge is 0.265 e. The number of rotatable bonds is 4. The molecule has 2 heterocycles. The van der Waals surface area contributed by atoms with Crippen LogP contribution in [-0.2, 0) is 16.6 Å². The molecule has 20 heavy (non-hydrogen) atoms. The average molecular weight is 360 g/mol. The number of nitrogens with zero attached hydrogens (tertiary/aromatic N) is 1. The molecule has 0 spiro atoms. The van der Waals surface area contributed by atoms with Crippen molar-refractivity contribution in [1.82, 2.24) is 4.98 Å². The van der Waals surface area contributed by atoms with Crippen LogP contribution >= 0.6 is 15.9 Å². The number of halogens is 1. The maximum absolute atomic E-state index is 12.5. The third-order valence-corrected chi connectivity index (χ3v) is 5.01. The molecule has 0 aliphatic carbocycles. The molecule has 0 saturated carbocycles. The van der Waals surface area contributed by atoms with Crippen LogP contribution in [0.15, 0.2) is 32.2 Å². The van der Waals surface area contributed by atoms with E-state index in [-0.39, 0.29) is 11.4 Å². The van der Waals surface area contributed by atoms with Gasteiger partial charge in [-0.1, -0.05) is 0 Å². The van der Waals surface area contributed by atoms with E-state index in [4.69, 9.17) is 10.2 Å². The summed E-state index contributed by atoms with van der Waals surface area (Å²) in [5, 5.41) is 0. The van der Waals surface area contributed by atoms with Crippen molar-refractivity contribution < 1.29 is 12.8 Å². The number of aryl methyl sites for hydroxylation is 2. The minimum absolute atomic E-state index is 0.0942. The van der Waals surface area contributed by atoms with Crippen LogP contribution in [0.25, 0.3) is 0 Å². The lowest BCUT2D eigenvalue weighted by molar-refractivity contribution is 0.494. The second-order valence-corrected chi connectivity index (χ2v) is 6.66. The summed E-state index contributed by atoms with van der Waals surface area (Å²) in [6.45, 7) is 3.38. The highest BCUT2D eigenvalue weighted by Crippen LogP contribution is 2.29. The largest absolute Gasteiger partial charge is 0.465 e. The van der Waals surface area contributed by atoms with Gasteiger partial charge in [-0.05, 0) is 35.8 Å². The molecule has 0 atom stereocenters. The first-order valence-corrected chi connectivity index (χ1v) is 8.05. The summed E-state index contributed by atoms with van der Waals surface area (Å²) in [5.41, 5.74) is 6.50. The van der Waals surface area contributed by atoms with E-state index in [0.717, 1.165) is 0 Å². The van der Waals surface area contributed by atoms with Crippen molar-refractivity contribution >= 4 is 31.6 Å². The molecule has 0 aliphatic rings. The van der Waals surface area contributed by atoms with Gasteiger partial charge < -0.3 is 10.2 Å². The van der Waals surface area contributed by atoms with Crippen molar-refractivity contribution in [2.45, 2.75) is 25.3 Å². The number of anilines is 1. The zero-order valence-corrected chi connectivity index (χ0v) is 13.4. The number of furan rings is 1. The quantitative estimate of drug-likeness (QED) is 0.872. The topological polar surface area (TPSA) is 98.2 Å². The highest BCUT2D eigenvalue weighted by atomic mass is 79.9. The van der Waals surface area contributed by atoms with Crippen LogP contribution in [0, 0.1) is 13.8 Å². The van der Waals surface area contributed by atoms with Crippen LogP contribution < -0.4 is 10.5 Å². The third kappa shape index (κ3) is 2.72. The molecule has 0 amide bonds. The second kappa shape index (κ2) is 5.55. The molecule has 0 fully saturated rings. The van der Waals surface area contributed by atoms with E-state index < -0.39 is 10.0 Å². The van der Waals surface area contributed by atoms with Gasteiger partial charge in [-0.2, -0.15) is 0 Å². The van der Waals surface area contributed by atoms with E-state index in [0.29, 0.717) is 27.2 Å². The van der Waals surface area contributed by atoms with Gasteiger partial charge in [-0.3, -0.25) is 9.71 Å². The summed E-state index contributed by atoms with van der Waals surface area (Å²) in [5.74, 6) is 0.833. The Balaban J connectivity index is 2.49. The number of nitrogens with two attached hydrogens (primary N) is 1. The zero-order chi connectivity index (χ0) is 14.9. The minimum Gasteiger partial charge on any atom is -0.465 e. The van der Waals surface area contributed by atoms with Gasteiger partial charge >= 0.3 is 0 Å². The standard InChI is InChI=1S/C12H14BrN3O3S/c1-7-9(5-14)12(8(2)19-7)20(17,18)16-11-3-4-15-6-10(11)13/h3-4,6H,5,14H2,1-2H3,(H,15,16). The summed E-state index contributed by atoms with van der Waals surface area (Å²) in [4.78, 5) is 3.98. The normalized spacial score (nSPS) is 11.6. The maximum Gasteiger partial charge on any atom is 0.265 e. The predicted octanol–water partition coefficient (Wildman–Crippen LogP) is 2.31. The summed E-state index contributed by atoms with van der Waals surface area (Å²) in [7, 11) is -3.77. The minimum atomic E-state index is -3.77. The van der Waals surface area contributed by atoms with E-state index in [9.17, 15) is 8.42 Å². The monoisotopic (exact) mass is 359 g/mol. The van der Waals surface area contributed by atoms with Gasteiger partial charge in [0.25, 0.3) is 10.0 Å². The fourth-order valence-electron chi connectivity index (χ4n) is 1.95.